The molecule has 1 fully saturated rings. The van der Waals surface area contributed by atoms with Crippen molar-refractivity contribution in [2.75, 3.05) is 26.2 Å². The lowest BCUT2D eigenvalue weighted by molar-refractivity contribution is 0.153. The Morgan fingerprint density at radius 1 is 1.09 bits per heavy atom. The molecule has 2 heteroatoms. The van der Waals surface area contributed by atoms with Crippen LogP contribution in [0.2, 0.25) is 0 Å². The SMILES string of the molecule is CCN1CCCCC1CNCCc1ccc2ccccc2c1. The van der Waals surface area contributed by atoms with Crippen molar-refractivity contribution in [2.45, 2.75) is 38.6 Å². The van der Waals surface area contributed by atoms with Gasteiger partial charge in [-0.15, -0.1) is 0 Å². The maximum absolute atomic E-state index is 3.67. The first-order valence-corrected chi connectivity index (χ1v) is 8.79. The van der Waals surface area contributed by atoms with E-state index in [0.717, 1.165) is 25.6 Å². The predicted octanol–water partition coefficient (Wildman–Crippen LogP) is 3.85. The van der Waals surface area contributed by atoms with Gasteiger partial charge in [0.2, 0.25) is 0 Å². The van der Waals surface area contributed by atoms with Gasteiger partial charge >= 0.3 is 0 Å². The molecule has 1 saturated heterocycles. The Morgan fingerprint density at radius 3 is 2.82 bits per heavy atom. The molecular formula is C20H28N2. The largest absolute Gasteiger partial charge is 0.315 e. The molecule has 1 aliphatic rings. The van der Waals surface area contributed by atoms with Gasteiger partial charge in [-0.1, -0.05) is 55.8 Å². The van der Waals surface area contributed by atoms with E-state index in [9.17, 15) is 0 Å². The van der Waals surface area contributed by atoms with Gasteiger partial charge < -0.3 is 5.32 Å². The first kappa shape index (κ1) is 15.5. The summed E-state index contributed by atoms with van der Waals surface area (Å²) < 4.78 is 0. The molecule has 0 spiro atoms. The molecule has 3 rings (SSSR count). The summed E-state index contributed by atoms with van der Waals surface area (Å²) in [4.78, 5) is 2.63. The van der Waals surface area contributed by atoms with E-state index in [0.29, 0.717) is 0 Å². The summed E-state index contributed by atoms with van der Waals surface area (Å²) in [6.45, 7) is 6.98. The lowest BCUT2D eigenvalue weighted by atomic mass is 10.0. The van der Waals surface area contributed by atoms with Crippen LogP contribution in [0.25, 0.3) is 10.8 Å². The molecule has 0 radical (unpaired) electrons. The van der Waals surface area contributed by atoms with E-state index >= 15 is 0 Å². The van der Waals surface area contributed by atoms with Crippen molar-refractivity contribution in [3.63, 3.8) is 0 Å². The Bertz CT molecular complexity index is 593. The van der Waals surface area contributed by atoms with E-state index in [1.807, 2.05) is 0 Å². The molecule has 22 heavy (non-hydrogen) atoms. The summed E-state index contributed by atoms with van der Waals surface area (Å²) in [5.41, 5.74) is 1.43. The number of likely N-dealkylation sites (tertiary alicyclic amines) is 1. The molecule has 2 nitrogen and oxygen atoms in total. The predicted molar refractivity (Wildman–Crippen MR) is 95.4 cm³/mol. The number of likely N-dealkylation sites (N-methyl/N-ethyl adjacent to an activating group) is 1. The zero-order valence-corrected chi connectivity index (χ0v) is 13.7. The molecule has 1 N–H and O–H groups in total. The molecule has 1 heterocycles. The first-order valence-electron chi connectivity index (χ1n) is 8.79. The van der Waals surface area contributed by atoms with Crippen LogP contribution < -0.4 is 5.32 Å². The average molecular weight is 296 g/mol. The van der Waals surface area contributed by atoms with Crippen LogP contribution in [0.1, 0.15) is 31.7 Å². The van der Waals surface area contributed by atoms with E-state index in [-0.39, 0.29) is 0 Å². The highest BCUT2D eigenvalue weighted by molar-refractivity contribution is 5.82. The summed E-state index contributed by atoms with van der Waals surface area (Å²) >= 11 is 0. The van der Waals surface area contributed by atoms with Crippen molar-refractivity contribution in [1.82, 2.24) is 10.2 Å². The number of fused-ring (bicyclic) bond motifs is 1. The Morgan fingerprint density at radius 2 is 1.95 bits per heavy atom. The molecule has 2 aromatic rings. The number of nitrogens with one attached hydrogen (secondary N) is 1. The minimum absolute atomic E-state index is 0.746. The summed E-state index contributed by atoms with van der Waals surface area (Å²) in [6, 6.07) is 16.2. The topological polar surface area (TPSA) is 15.3 Å². The highest BCUT2D eigenvalue weighted by atomic mass is 15.2. The van der Waals surface area contributed by atoms with Crippen molar-refractivity contribution in [3.05, 3.63) is 48.0 Å². The number of benzene rings is 2. The first-order chi connectivity index (χ1) is 10.9. The lowest BCUT2D eigenvalue weighted by Crippen LogP contribution is -2.45. The van der Waals surface area contributed by atoms with Crippen molar-refractivity contribution < 1.29 is 0 Å². The molecule has 1 atom stereocenters. The third-order valence-electron chi connectivity index (χ3n) is 4.94. The lowest BCUT2D eigenvalue weighted by Gasteiger charge is -2.35. The van der Waals surface area contributed by atoms with E-state index in [1.165, 1.54) is 48.7 Å². The number of hydrogen-bond donors (Lipinski definition) is 1. The Kier molecular flexibility index (Phi) is 5.47. The second kappa shape index (κ2) is 7.75. The monoisotopic (exact) mass is 296 g/mol. The van der Waals surface area contributed by atoms with E-state index in [4.69, 9.17) is 0 Å². The van der Waals surface area contributed by atoms with Crippen LogP contribution in [0.5, 0.6) is 0 Å². The van der Waals surface area contributed by atoms with Crippen molar-refractivity contribution in [1.29, 1.82) is 0 Å². The summed E-state index contributed by atoms with van der Waals surface area (Å²) in [7, 11) is 0. The van der Waals surface area contributed by atoms with Gasteiger partial charge in [-0.3, -0.25) is 4.90 Å². The van der Waals surface area contributed by atoms with Crippen molar-refractivity contribution in [2.24, 2.45) is 0 Å². The highest BCUT2D eigenvalue weighted by Crippen LogP contribution is 2.17. The second-order valence-corrected chi connectivity index (χ2v) is 6.41. The Labute approximate surface area is 134 Å². The molecule has 0 bridgehead atoms. The third-order valence-corrected chi connectivity index (χ3v) is 4.94. The maximum atomic E-state index is 3.67. The van der Waals surface area contributed by atoms with Crippen molar-refractivity contribution in [3.8, 4) is 0 Å². The van der Waals surface area contributed by atoms with Gasteiger partial charge in [-0.05, 0) is 55.2 Å². The molecule has 0 aliphatic carbocycles. The third kappa shape index (κ3) is 3.88. The molecule has 118 valence electrons. The molecule has 0 aromatic heterocycles. The van der Waals surface area contributed by atoms with E-state index < -0.39 is 0 Å². The quantitative estimate of drug-likeness (QED) is 0.815. The van der Waals surface area contributed by atoms with Crippen LogP contribution in [-0.2, 0) is 6.42 Å². The number of nitrogens with zero attached hydrogens (tertiary/aromatic N) is 1. The van der Waals surface area contributed by atoms with Gasteiger partial charge in [0, 0.05) is 12.6 Å². The van der Waals surface area contributed by atoms with Gasteiger partial charge in [-0.25, -0.2) is 0 Å². The molecule has 0 amide bonds. The smallest absolute Gasteiger partial charge is 0.0220 e. The fourth-order valence-corrected chi connectivity index (χ4v) is 3.60. The number of rotatable bonds is 6. The van der Waals surface area contributed by atoms with Crippen LogP contribution in [-0.4, -0.2) is 37.1 Å². The Hall–Kier alpha value is -1.38. The number of hydrogen-bond acceptors (Lipinski definition) is 2. The standard InChI is InChI=1S/C20H28N2/c1-2-22-14-6-5-9-20(22)16-21-13-12-17-10-11-18-7-3-4-8-19(18)15-17/h3-4,7-8,10-11,15,20-21H,2,5-6,9,12-14,16H2,1H3. The van der Waals surface area contributed by atoms with Crippen LogP contribution in [0.15, 0.2) is 42.5 Å². The molecule has 1 aliphatic heterocycles. The minimum atomic E-state index is 0.746. The van der Waals surface area contributed by atoms with Gasteiger partial charge in [0.05, 0.1) is 0 Å². The molecule has 1 unspecified atom stereocenters. The number of piperidine rings is 1. The summed E-state index contributed by atoms with van der Waals surface area (Å²) in [5.74, 6) is 0. The van der Waals surface area contributed by atoms with Gasteiger partial charge in [-0.2, -0.15) is 0 Å². The Balaban J connectivity index is 1.47. The normalized spacial score (nSPS) is 19.6. The van der Waals surface area contributed by atoms with Gasteiger partial charge in [0.1, 0.15) is 0 Å². The average Bonchev–Trinajstić information content (AvgIpc) is 2.59. The molecule has 0 saturated carbocycles. The summed E-state index contributed by atoms with van der Waals surface area (Å²) in [5, 5.41) is 6.36. The summed E-state index contributed by atoms with van der Waals surface area (Å²) in [6.07, 6.45) is 5.25. The maximum Gasteiger partial charge on any atom is 0.0220 e. The van der Waals surface area contributed by atoms with Crippen LogP contribution in [0, 0.1) is 0 Å². The fraction of sp³-hybridized carbons (Fsp3) is 0.500. The zero-order chi connectivity index (χ0) is 15.2. The second-order valence-electron chi connectivity index (χ2n) is 6.41. The van der Waals surface area contributed by atoms with Crippen molar-refractivity contribution >= 4 is 10.8 Å². The van der Waals surface area contributed by atoms with Crippen LogP contribution in [0.4, 0.5) is 0 Å². The van der Waals surface area contributed by atoms with Gasteiger partial charge in [0.15, 0.2) is 0 Å². The van der Waals surface area contributed by atoms with E-state index in [2.05, 4.69) is 59.6 Å². The highest BCUT2D eigenvalue weighted by Gasteiger charge is 2.19. The fourth-order valence-electron chi connectivity index (χ4n) is 3.60. The van der Waals surface area contributed by atoms with Gasteiger partial charge in [0.25, 0.3) is 0 Å². The molecule has 2 aromatic carbocycles. The zero-order valence-electron chi connectivity index (χ0n) is 13.7. The minimum Gasteiger partial charge on any atom is -0.315 e. The molecular weight excluding hydrogens is 268 g/mol. The van der Waals surface area contributed by atoms with Crippen LogP contribution >= 0.6 is 0 Å². The van der Waals surface area contributed by atoms with Crippen LogP contribution in [0.3, 0.4) is 0 Å². The van der Waals surface area contributed by atoms with E-state index in [1.54, 1.807) is 0 Å².